The molecule has 122 valence electrons. The summed E-state index contributed by atoms with van der Waals surface area (Å²) >= 11 is 0. The van der Waals surface area contributed by atoms with Crippen molar-refractivity contribution >= 4 is 13.4 Å². The van der Waals surface area contributed by atoms with E-state index in [1.165, 1.54) is 12.3 Å². The Bertz CT molecular complexity index is 635. The van der Waals surface area contributed by atoms with Crippen LogP contribution in [-0.2, 0) is 14.0 Å². The second kappa shape index (κ2) is 9.39. The third kappa shape index (κ3) is 6.15. The zero-order valence-corrected chi connectivity index (χ0v) is 17.4. The summed E-state index contributed by atoms with van der Waals surface area (Å²) in [7, 11) is -4.46. The van der Waals surface area contributed by atoms with Crippen LogP contribution in [0.15, 0.2) is 17.1 Å². The Hall–Kier alpha value is 0.670. The van der Waals surface area contributed by atoms with Crippen LogP contribution in [0.1, 0.15) is 9.08 Å². The summed E-state index contributed by atoms with van der Waals surface area (Å²) in [6.07, 6.45) is -5.75. The van der Waals surface area contributed by atoms with Gasteiger partial charge in [-0.1, -0.05) is 0 Å². The van der Waals surface area contributed by atoms with Gasteiger partial charge in [-0.05, 0) is 6.07 Å². The minimum Gasteiger partial charge on any atom is -1.00 e. The first-order valence-electron chi connectivity index (χ1n) is 5.71. The SMILES string of the molecule is Nc1ccn([C@@H]2O[C@H](OCP(=O)(O)O)[C@@H](O)[C@H]2O)c(=O)n1.[H-].[H-].[Na+].[Na+]. The molecule has 0 amide bonds. The van der Waals surface area contributed by atoms with E-state index in [-0.39, 0.29) is 67.8 Å². The van der Waals surface area contributed by atoms with Gasteiger partial charge in [0.15, 0.2) is 18.9 Å². The molecule has 0 aliphatic carbocycles. The predicted molar refractivity (Wildman–Crippen MR) is 69.1 cm³/mol. The van der Waals surface area contributed by atoms with Gasteiger partial charge in [0.1, 0.15) is 18.0 Å². The molecular weight excluding hydrogens is 355 g/mol. The Morgan fingerprint density at radius 3 is 2.52 bits per heavy atom. The van der Waals surface area contributed by atoms with Gasteiger partial charge < -0.3 is 38.1 Å². The molecule has 23 heavy (non-hydrogen) atoms. The zero-order chi connectivity index (χ0) is 15.8. The average molecular weight is 371 g/mol. The minimum atomic E-state index is -4.46. The quantitative estimate of drug-likeness (QED) is 0.252. The second-order valence-corrected chi connectivity index (χ2v) is 5.97. The predicted octanol–water partition coefficient (Wildman–Crippen LogP) is -8.21. The Labute approximate surface area is 177 Å². The van der Waals surface area contributed by atoms with Gasteiger partial charge in [0.05, 0.1) is 0 Å². The Morgan fingerprint density at radius 1 is 1.39 bits per heavy atom. The molecule has 1 saturated heterocycles. The van der Waals surface area contributed by atoms with Crippen molar-refractivity contribution in [3.05, 3.63) is 22.7 Å². The summed E-state index contributed by atoms with van der Waals surface area (Å²) < 4.78 is 21.4. The molecular formula is C9H16N3Na2O8P. The molecule has 4 atom stereocenters. The van der Waals surface area contributed by atoms with Gasteiger partial charge in [0, 0.05) is 6.20 Å². The number of nitrogens with zero attached hydrogens (tertiary/aromatic N) is 2. The standard InChI is InChI=1S/C9H14N3O8P.2Na.2H/c10-4-1-2-12(9(15)11-4)7-5(13)6(14)8(20-7)19-3-21(16,17)18;;;;/h1-2,5-8,13-14H,3H2,(H2,10,11,15)(H2,16,17,18);;;;/q;2*+1;2*-1/t5-,6+,7-,8+;;;;/m1..../s1. The minimum absolute atomic E-state index is 0. The van der Waals surface area contributed by atoms with Gasteiger partial charge in [0.25, 0.3) is 0 Å². The maximum atomic E-state index is 11.6. The molecule has 1 aliphatic rings. The average Bonchev–Trinajstić information content (AvgIpc) is 2.64. The molecule has 0 bridgehead atoms. The molecule has 1 aliphatic heterocycles. The number of ether oxygens (including phenoxy) is 2. The van der Waals surface area contributed by atoms with E-state index >= 15 is 0 Å². The fraction of sp³-hybridized carbons (Fsp3) is 0.556. The first kappa shape index (κ1) is 23.7. The van der Waals surface area contributed by atoms with Crippen LogP contribution < -0.4 is 70.5 Å². The van der Waals surface area contributed by atoms with Crippen molar-refractivity contribution in [2.75, 3.05) is 12.1 Å². The number of anilines is 1. The van der Waals surface area contributed by atoms with Crippen molar-refractivity contribution in [1.82, 2.24) is 9.55 Å². The first-order valence-corrected chi connectivity index (χ1v) is 7.51. The van der Waals surface area contributed by atoms with Crippen molar-refractivity contribution in [2.45, 2.75) is 24.7 Å². The van der Waals surface area contributed by atoms with Crippen molar-refractivity contribution in [3.8, 4) is 0 Å². The molecule has 0 aromatic carbocycles. The van der Waals surface area contributed by atoms with E-state index in [1.807, 2.05) is 0 Å². The number of hydrogen-bond donors (Lipinski definition) is 5. The van der Waals surface area contributed by atoms with Crippen LogP contribution in [0.5, 0.6) is 0 Å². The number of aliphatic hydroxyl groups is 2. The molecule has 1 aromatic heterocycles. The Morgan fingerprint density at radius 2 is 2.00 bits per heavy atom. The van der Waals surface area contributed by atoms with E-state index < -0.39 is 44.4 Å². The van der Waals surface area contributed by atoms with Crippen molar-refractivity contribution in [2.24, 2.45) is 0 Å². The number of nitrogens with two attached hydrogens (primary N) is 1. The van der Waals surface area contributed by atoms with Gasteiger partial charge >= 0.3 is 72.4 Å². The van der Waals surface area contributed by atoms with Crippen LogP contribution in [0, 0.1) is 0 Å². The topological polar surface area (TPSA) is 177 Å². The van der Waals surface area contributed by atoms with Gasteiger partial charge in [-0.2, -0.15) is 4.98 Å². The first-order chi connectivity index (χ1) is 9.69. The fourth-order valence-electron chi connectivity index (χ4n) is 1.79. The van der Waals surface area contributed by atoms with Crippen LogP contribution in [0.25, 0.3) is 0 Å². The maximum Gasteiger partial charge on any atom is 1.00 e. The zero-order valence-electron chi connectivity index (χ0n) is 14.5. The van der Waals surface area contributed by atoms with Crippen LogP contribution in [-0.4, -0.2) is 54.4 Å². The molecule has 0 unspecified atom stereocenters. The van der Waals surface area contributed by atoms with E-state index in [0.717, 1.165) is 4.57 Å². The summed E-state index contributed by atoms with van der Waals surface area (Å²) in [5.41, 5.74) is 4.50. The van der Waals surface area contributed by atoms with E-state index in [9.17, 15) is 19.6 Å². The van der Waals surface area contributed by atoms with Gasteiger partial charge in [-0.3, -0.25) is 9.13 Å². The maximum absolute atomic E-state index is 11.6. The molecule has 11 nitrogen and oxygen atoms in total. The molecule has 0 spiro atoms. The van der Waals surface area contributed by atoms with Crippen LogP contribution in [0.2, 0.25) is 0 Å². The molecule has 2 heterocycles. The third-order valence-electron chi connectivity index (χ3n) is 2.73. The van der Waals surface area contributed by atoms with Crippen LogP contribution in [0.3, 0.4) is 0 Å². The summed E-state index contributed by atoms with van der Waals surface area (Å²) in [5.74, 6) is -0.0291. The third-order valence-corrected chi connectivity index (χ3v) is 3.21. The van der Waals surface area contributed by atoms with Crippen LogP contribution >= 0.6 is 7.60 Å². The molecule has 0 radical (unpaired) electrons. The number of hydrogen-bond acceptors (Lipinski definition) is 8. The van der Waals surface area contributed by atoms with E-state index in [0.29, 0.717) is 0 Å². The number of nitrogen functional groups attached to an aromatic ring is 1. The monoisotopic (exact) mass is 371 g/mol. The van der Waals surface area contributed by atoms with E-state index in [1.54, 1.807) is 0 Å². The molecule has 0 saturated carbocycles. The van der Waals surface area contributed by atoms with Crippen molar-refractivity contribution in [3.63, 3.8) is 0 Å². The number of rotatable bonds is 4. The largest absolute Gasteiger partial charge is 1.00 e. The van der Waals surface area contributed by atoms with Gasteiger partial charge in [-0.25, -0.2) is 4.79 Å². The van der Waals surface area contributed by atoms with Crippen molar-refractivity contribution in [1.29, 1.82) is 0 Å². The van der Waals surface area contributed by atoms with E-state index in [4.69, 9.17) is 25.0 Å². The number of aliphatic hydroxyl groups excluding tert-OH is 2. The van der Waals surface area contributed by atoms with E-state index in [2.05, 4.69) is 4.98 Å². The molecule has 1 aromatic rings. The summed E-state index contributed by atoms with van der Waals surface area (Å²) in [6.45, 7) is 0. The van der Waals surface area contributed by atoms with Gasteiger partial charge in [-0.15, -0.1) is 0 Å². The second-order valence-electron chi connectivity index (χ2n) is 4.38. The summed E-state index contributed by atoms with van der Waals surface area (Å²) in [4.78, 5) is 32.5. The molecule has 1 fully saturated rings. The Balaban J connectivity index is -0.00000121. The normalized spacial score (nSPS) is 27.1. The fourth-order valence-corrected chi connectivity index (χ4v) is 2.13. The number of aromatic nitrogens is 2. The summed E-state index contributed by atoms with van der Waals surface area (Å²) in [6, 6.07) is 1.29. The molecule has 2 rings (SSSR count). The summed E-state index contributed by atoms with van der Waals surface area (Å²) in [5, 5.41) is 19.6. The van der Waals surface area contributed by atoms with Gasteiger partial charge in [0.2, 0.25) is 0 Å². The molecule has 6 N–H and O–H groups in total. The van der Waals surface area contributed by atoms with Crippen molar-refractivity contribution < 1.29 is 96.0 Å². The van der Waals surface area contributed by atoms with Crippen LogP contribution in [0.4, 0.5) is 5.82 Å². The molecule has 14 heteroatoms. The smallest absolute Gasteiger partial charge is 1.00 e. The Kier molecular flexibility index (Phi) is 9.66.